The standard InChI is InChI=1S/C18H23FN4OS/c1-2-9-20-17(24)14-4-3-10-23(12-14)18-21-16(22-25-18)11-13-5-7-15(19)8-6-13/h5-8,14H,2-4,9-12H2,1H3,(H,20,24)/t14-/m1/s1. The highest BCUT2D eigenvalue weighted by Crippen LogP contribution is 2.25. The molecule has 2 aromatic rings. The van der Waals surface area contributed by atoms with Crippen LogP contribution in [-0.4, -0.2) is 34.9 Å². The number of aromatic nitrogens is 2. The maximum Gasteiger partial charge on any atom is 0.224 e. The van der Waals surface area contributed by atoms with Gasteiger partial charge in [0.05, 0.1) is 5.92 Å². The number of nitrogens with zero attached hydrogens (tertiary/aromatic N) is 3. The first kappa shape index (κ1) is 17.8. The first-order valence-electron chi connectivity index (χ1n) is 8.75. The van der Waals surface area contributed by atoms with Crippen LogP contribution in [-0.2, 0) is 11.2 Å². The van der Waals surface area contributed by atoms with Crippen LogP contribution in [0.1, 0.15) is 37.6 Å². The Bertz CT molecular complexity index is 703. The molecule has 0 radical (unpaired) electrons. The van der Waals surface area contributed by atoms with E-state index < -0.39 is 0 Å². The summed E-state index contributed by atoms with van der Waals surface area (Å²) in [6.45, 7) is 4.39. The third-order valence-corrected chi connectivity index (χ3v) is 5.16. The Labute approximate surface area is 151 Å². The second kappa shape index (κ2) is 8.38. The molecule has 1 amide bonds. The van der Waals surface area contributed by atoms with Gasteiger partial charge in [0, 0.05) is 37.6 Å². The van der Waals surface area contributed by atoms with Crippen molar-refractivity contribution in [3.8, 4) is 0 Å². The lowest BCUT2D eigenvalue weighted by atomic mass is 9.97. The second-order valence-electron chi connectivity index (χ2n) is 6.37. The lowest BCUT2D eigenvalue weighted by molar-refractivity contribution is -0.125. The monoisotopic (exact) mass is 362 g/mol. The van der Waals surface area contributed by atoms with Crippen LogP contribution in [0.25, 0.3) is 0 Å². The molecule has 0 unspecified atom stereocenters. The zero-order valence-electron chi connectivity index (χ0n) is 14.4. The zero-order valence-corrected chi connectivity index (χ0v) is 15.2. The summed E-state index contributed by atoms with van der Waals surface area (Å²) in [5, 5.41) is 3.85. The number of hydrogen-bond acceptors (Lipinski definition) is 5. The molecule has 1 saturated heterocycles. The van der Waals surface area contributed by atoms with Crippen LogP contribution in [0, 0.1) is 11.7 Å². The first-order chi connectivity index (χ1) is 12.2. The topological polar surface area (TPSA) is 58.1 Å². The largest absolute Gasteiger partial charge is 0.356 e. The molecule has 2 heterocycles. The Balaban J connectivity index is 1.61. The number of anilines is 1. The molecule has 1 aromatic heterocycles. The molecule has 1 aromatic carbocycles. The normalized spacial score (nSPS) is 17.5. The van der Waals surface area contributed by atoms with E-state index in [4.69, 9.17) is 0 Å². The Morgan fingerprint density at radius 2 is 2.20 bits per heavy atom. The third-order valence-electron chi connectivity index (χ3n) is 4.34. The van der Waals surface area contributed by atoms with Gasteiger partial charge in [0.1, 0.15) is 11.6 Å². The third kappa shape index (κ3) is 4.75. The van der Waals surface area contributed by atoms with Crippen molar-refractivity contribution in [1.82, 2.24) is 14.7 Å². The minimum Gasteiger partial charge on any atom is -0.356 e. The summed E-state index contributed by atoms with van der Waals surface area (Å²) in [7, 11) is 0. The predicted octanol–water partition coefficient (Wildman–Crippen LogP) is 3.01. The van der Waals surface area contributed by atoms with Crippen LogP contribution in [0.3, 0.4) is 0 Å². The highest BCUT2D eigenvalue weighted by Gasteiger charge is 2.27. The number of hydrogen-bond donors (Lipinski definition) is 1. The predicted molar refractivity (Wildman–Crippen MR) is 97.4 cm³/mol. The molecule has 0 aliphatic carbocycles. The van der Waals surface area contributed by atoms with Crippen LogP contribution < -0.4 is 10.2 Å². The fraction of sp³-hybridized carbons (Fsp3) is 0.500. The van der Waals surface area contributed by atoms with Crippen LogP contribution in [0.2, 0.25) is 0 Å². The highest BCUT2D eigenvalue weighted by atomic mass is 32.1. The van der Waals surface area contributed by atoms with E-state index in [1.54, 1.807) is 12.1 Å². The molecular weight excluding hydrogens is 339 g/mol. The average Bonchev–Trinajstić information content (AvgIpc) is 3.10. The summed E-state index contributed by atoms with van der Waals surface area (Å²) in [5.74, 6) is 0.660. The minimum atomic E-state index is -0.239. The molecule has 0 spiro atoms. The minimum absolute atomic E-state index is 0.0183. The van der Waals surface area contributed by atoms with Crippen molar-refractivity contribution in [2.24, 2.45) is 5.92 Å². The Morgan fingerprint density at radius 3 is 2.96 bits per heavy atom. The number of halogens is 1. The number of rotatable bonds is 6. The summed E-state index contributed by atoms with van der Waals surface area (Å²) >= 11 is 1.37. The number of carbonyl (C=O) groups excluding carboxylic acids is 1. The van der Waals surface area contributed by atoms with Crippen molar-refractivity contribution in [1.29, 1.82) is 0 Å². The number of carbonyl (C=O) groups is 1. The Morgan fingerprint density at radius 1 is 1.40 bits per heavy atom. The first-order valence-corrected chi connectivity index (χ1v) is 9.52. The van der Waals surface area contributed by atoms with Crippen LogP contribution >= 0.6 is 11.5 Å². The van der Waals surface area contributed by atoms with Crippen molar-refractivity contribution in [3.63, 3.8) is 0 Å². The zero-order chi connectivity index (χ0) is 17.6. The van der Waals surface area contributed by atoms with E-state index in [1.807, 2.05) is 0 Å². The molecule has 1 N–H and O–H groups in total. The van der Waals surface area contributed by atoms with Gasteiger partial charge >= 0.3 is 0 Å². The van der Waals surface area contributed by atoms with Gasteiger partial charge in [0.15, 0.2) is 0 Å². The molecule has 7 heteroatoms. The van der Waals surface area contributed by atoms with Crippen LogP contribution in [0.15, 0.2) is 24.3 Å². The van der Waals surface area contributed by atoms with Gasteiger partial charge in [-0.1, -0.05) is 19.1 Å². The summed E-state index contributed by atoms with van der Waals surface area (Å²) in [5.41, 5.74) is 0.987. The van der Waals surface area contributed by atoms with E-state index in [-0.39, 0.29) is 17.6 Å². The lowest BCUT2D eigenvalue weighted by Gasteiger charge is -2.31. The molecule has 1 fully saturated rings. The number of nitrogens with one attached hydrogen (secondary N) is 1. The number of amides is 1. The molecule has 1 aliphatic rings. The van der Waals surface area contributed by atoms with Gasteiger partial charge in [-0.15, -0.1) is 0 Å². The van der Waals surface area contributed by atoms with Gasteiger partial charge in [-0.05, 0) is 37.0 Å². The molecule has 0 bridgehead atoms. The van der Waals surface area contributed by atoms with Crippen molar-refractivity contribution in [2.45, 2.75) is 32.6 Å². The van der Waals surface area contributed by atoms with Gasteiger partial charge in [0.2, 0.25) is 11.0 Å². The summed E-state index contributed by atoms with van der Waals surface area (Å²) in [6, 6.07) is 6.41. The molecule has 1 atom stereocenters. The molecule has 1 aliphatic heterocycles. The SMILES string of the molecule is CCCNC(=O)[C@@H]1CCCN(c2nc(Cc3ccc(F)cc3)ns2)C1. The van der Waals surface area contributed by atoms with E-state index in [1.165, 1.54) is 23.7 Å². The van der Waals surface area contributed by atoms with E-state index in [0.717, 1.165) is 48.9 Å². The van der Waals surface area contributed by atoms with Gasteiger partial charge in [-0.25, -0.2) is 9.37 Å². The van der Waals surface area contributed by atoms with Crippen LogP contribution in [0.4, 0.5) is 9.52 Å². The highest BCUT2D eigenvalue weighted by molar-refractivity contribution is 7.09. The fourth-order valence-electron chi connectivity index (χ4n) is 2.99. The number of benzene rings is 1. The van der Waals surface area contributed by atoms with Gasteiger partial charge in [-0.2, -0.15) is 4.37 Å². The molecule has 0 saturated carbocycles. The smallest absolute Gasteiger partial charge is 0.224 e. The van der Waals surface area contributed by atoms with Crippen molar-refractivity contribution < 1.29 is 9.18 Å². The molecule has 3 rings (SSSR count). The number of piperidine rings is 1. The van der Waals surface area contributed by atoms with Crippen LogP contribution in [0.5, 0.6) is 0 Å². The second-order valence-corrected chi connectivity index (χ2v) is 7.10. The van der Waals surface area contributed by atoms with Crippen molar-refractivity contribution in [3.05, 3.63) is 41.5 Å². The fourth-order valence-corrected chi connectivity index (χ4v) is 3.71. The van der Waals surface area contributed by atoms with Crippen molar-refractivity contribution >= 4 is 22.6 Å². The Kier molecular flexibility index (Phi) is 5.96. The summed E-state index contributed by atoms with van der Waals surface area (Å²) in [6.07, 6.45) is 3.45. The lowest BCUT2D eigenvalue weighted by Crippen LogP contribution is -2.43. The maximum absolute atomic E-state index is 13.0. The van der Waals surface area contributed by atoms with Gasteiger partial charge in [-0.3, -0.25) is 4.79 Å². The quantitative estimate of drug-likeness (QED) is 0.858. The summed E-state index contributed by atoms with van der Waals surface area (Å²) < 4.78 is 17.4. The van der Waals surface area contributed by atoms with Gasteiger partial charge < -0.3 is 10.2 Å². The van der Waals surface area contributed by atoms with E-state index in [9.17, 15) is 9.18 Å². The van der Waals surface area contributed by atoms with Crippen molar-refractivity contribution in [2.75, 3.05) is 24.5 Å². The summed E-state index contributed by atoms with van der Waals surface area (Å²) in [4.78, 5) is 19.0. The maximum atomic E-state index is 13.0. The molecule has 134 valence electrons. The average molecular weight is 362 g/mol. The van der Waals surface area contributed by atoms with E-state index in [2.05, 4.69) is 26.5 Å². The van der Waals surface area contributed by atoms with E-state index >= 15 is 0 Å². The molecule has 5 nitrogen and oxygen atoms in total. The molecular formula is C18H23FN4OS. The molecule has 25 heavy (non-hydrogen) atoms. The van der Waals surface area contributed by atoms with Gasteiger partial charge in [0.25, 0.3) is 0 Å². The van der Waals surface area contributed by atoms with E-state index in [0.29, 0.717) is 13.0 Å². The Hall–Kier alpha value is -2.02.